The normalized spacial score (nSPS) is 17.5. The summed E-state index contributed by atoms with van der Waals surface area (Å²) in [6.07, 6.45) is 0.725. The molecule has 0 saturated carbocycles. The Bertz CT molecular complexity index is 158. The molecule has 0 aromatic rings. The van der Waals surface area contributed by atoms with Crippen molar-refractivity contribution in [2.45, 2.75) is 6.42 Å². The first-order valence-corrected chi connectivity index (χ1v) is 5.72. The van der Waals surface area contributed by atoms with Crippen LogP contribution in [0.2, 0.25) is 0 Å². The fraction of sp³-hybridized carbons (Fsp3) is 0.778. The van der Waals surface area contributed by atoms with Crippen molar-refractivity contribution < 1.29 is 9.53 Å². The second-order valence-electron chi connectivity index (χ2n) is 2.90. The van der Waals surface area contributed by atoms with E-state index in [4.69, 9.17) is 4.74 Å². The number of carbonyl (C=O) groups excluding carboxylic acids is 1. The fourth-order valence-electron chi connectivity index (χ4n) is 1.17. The topological polar surface area (TPSA) is 29.5 Å². The molecule has 0 bridgehead atoms. The molecule has 0 aromatic carbocycles. The van der Waals surface area contributed by atoms with Gasteiger partial charge in [0.1, 0.15) is 6.61 Å². The SMILES string of the molecule is [CH2]CCOCC(=O)N1CCSCC1. The molecule has 0 spiro atoms. The first-order valence-electron chi connectivity index (χ1n) is 4.57. The van der Waals surface area contributed by atoms with E-state index in [1.54, 1.807) is 0 Å². The van der Waals surface area contributed by atoms with Gasteiger partial charge in [0, 0.05) is 31.2 Å². The van der Waals surface area contributed by atoms with E-state index in [0.717, 1.165) is 31.0 Å². The van der Waals surface area contributed by atoms with E-state index in [1.807, 2.05) is 16.7 Å². The zero-order chi connectivity index (χ0) is 9.52. The number of ether oxygens (including phenoxy) is 1. The fourth-order valence-corrected chi connectivity index (χ4v) is 2.07. The van der Waals surface area contributed by atoms with Crippen molar-refractivity contribution >= 4 is 17.7 Å². The summed E-state index contributed by atoms with van der Waals surface area (Å²) in [6.45, 7) is 6.19. The maximum atomic E-state index is 11.4. The van der Waals surface area contributed by atoms with Crippen LogP contribution < -0.4 is 0 Å². The van der Waals surface area contributed by atoms with Gasteiger partial charge in [-0.3, -0.25) is 4.79 Å². The Morgan fingerprint density at radius 2 is 2.15 bits per heavy atom. The molecule has 0 N–H and O–H groups in total. The van der Waals surface area contributed by atoms with Crippen molar-refractivity contribution in [3.8, 4) is 0 Å². The minimum Gasteiger partial charge on any atom is -0.372 e. The summed E-state index contributed by atoms with van der Waals surface area (Å²) in [5.41, 5.74) is 0. The third kappa shape index (κ3) is 4.00. The van der Waals surface area contributed by atoms with Crippen LogP contribution in [0.5, 0.6) is 0 Å². The molecule has 1 rings (SSSR count). The highest BCUT2D eigenvalue weighted by Gasteiger charge is 2.15. The molecule has 13 heavy (non-hydrogen) atoms. The maximum Gasteiger partial charge on any atom is 0.248 e. The molecule has 1 heterocycles. The van der Waals surface area contributed by atoms with E-state index in [0.29, 0.717) is 6.61 Å². The summed E-state index contributed by atoms with van der Waals surface area (Å²) in [6, 6.07) is 0. The van der Waals surface area contributed by atoms with Crippen molar-refractivity contribution in [2.24, 2.45) is 0 Å². The predicted octanol–water partition coefficient (Wildman–Crippen LogP) is 0.803. The minimum absolute atomic E-state index is 0.119. The van der Waals surface area contributed by atoms with Gasteiger partial charge in [-0.05, 0) is 6.42 Å². The number of hydrogen-bond donors (Lipinski definition) is 0. The first-order chi connectivity index (χ1) is 6.34. The van der Waals surface area contributed by atoms with Gasteiger partial charge in [-0.15, -0.1) is 0 Å². The molecule has 4 heteroatoms. The van der Waals surface area contributed by atoms with Crippen LogP contribution in [0.3, 0.4) is 0 Å². The van der Waals surface area contributed by atoms with E-state index in [1.165, 1.54) is 0 Å². The largest absolute Gasteiger partial charge is 0.372 e. The van der Waals surface area contributed by atoms with Crippen LogP contribution in [0.4, 0.5) is 0 Å². The lowest BCUT2D eigenvalue weighted by atomic mass is 10.4. The molecule has 1 aliphatic rings. The van der Waals surface area contributed by atoms with Crippen molar-refractivity contribution in [1.82, 2.24) is 4.90 Å². The highest BCUT2D eigenvalue weighted by Crippen LogP contribution is 2.08. The van der Waals surface area contributed by atoms with Gasteiger partial charge in [0.15, 0.2) is 0 Å². The van der Waals surface area contributed by atoms with Gasteiger partial charge >= 0.3 is 0 Å². The van der Waals surface area contributed by atoms with Gasteiger partial charge in [-0.2, -0.15) is 11.8 Å². The maximum absolute atomic E-state index is 11.4. The Balaban J connectivity index is 2.13. The van der Waals surface area contributed by atoms with Crippen LogP contribution in [0.15, 0.2) is 0 Å². The summed E-state index contributed by atoms with van der Waals surface area (Å²) < 4.78 is 5.14. The van der Waals surface area contributed by atoms with E-state index in [-0.39, 0.29) is 12.5 Å². The standard InChI is InChI=1S/C9H16NO2S/c1-2-5-12-8-9(11)10-3-6-13-7-4-10/h1-8H2. The van der Waals surface area contributed by atoms with Gasteiger partial charge in [0.2, 0.25) is 5.91 Å². The Hall–Kier alpha value is -0.220. The highest BCUT2D eigenvalue weighted by atomic mass is 32.2. The summed E-state index contributed by atoms with van der Waals surface area (Å²) in [4.78, 5) is 13.3. The Labute approximate surface area is 83.8 Å². The monoisotopic (exact) mass is 202 g/mol. The number of rotatable bonds is 4. The van der Waals surface area contributed by atoms with Crippen molar-refractivity contribution in [1.29, 1.82) is 0 Å². The van der Waals surface area contributed by atoms with Crippen molar-refractivity contribution in [2.75, 3.05) is 37.8 Å². The molecule has 1 aliphatic heterocycles. The van der Waals surface area contributed by atoms with Crippen LogP contribution in [0, 0.1) is 6.92 Å². The smallest absolute Gasteiger partial charge is 0.248 e. The average Bonchev–Trinajstić information content (AvgIpc) is 2.19. The Morgan fingerprint density at radius 1 is 1.46 bits per heavy atom. The van der Waals surface area contributed by atoms with Crippen molar-refractivity contribution in [3.05, 3.63) is 6.92 Å². The lowest BCUT2D eigenvalue weighted by Crippen LogP contribution is -2.40. The molecule has 1 saturated heterocycles. The molecule has 0 unspecified atom stereocenters. The molecule has 1 fully saturated rings. The van der Waals surface area contributed by atoms with Gasteiger partial charge in [0.25, 0.3) is 0 Å². The second-order valence-corrected chi connectivity index (χ2v) is 4.12. The third-order valence-electron chi connectivity index (χ3n) is 1.88. The molecule has 3 nitrogen and oxygen atoms in total. The van der Waals surface area contributed by atoms with Gasteiger partial charge in [0.05, 0.1) is 0 Å². The average molecular weight is 202 g/mol. The second kappa shape index (κ2) is 6.27. The highest BCUT2D eigenvalue weighted by molar-refractivity contribution is 7.99. The van der Waals surface area contributed by atoms with Gasteiger partial charge < -0.3 is 9.64 Å². The third-order valence-corrected chi connectivity index (χ3v) is 2.82. The van der Waals surface area contributed by atoms with Gasteiger partial charge in [-0.25, -0.2) is 0 Å². The van der Waals surface area contributed by atoms with Crippen molar-refractivity contribution in [3.63, 3.8) is 0 Å². The first kappa shape index (κ1) is 10.9. The molecule has 0 aromatic heterocycles. The summed E-state index contributed by atoms with van der Waals surface area (Å²) >= 11 is 1.90. The summed E-state index contributed by atoms with van der Waals surface area (Å²) in [5, 5.41) is 0. The van der Waals surface area contributed by atoms with E-state index in [2.05, 4.69) is 6.92 Å². The van der Waals surface area contributed by atoms with Crippen LogP contribution in [-0.4, -0.2) is 48.6 Å². The predicted molar refractivity (Wildman–Crippen MR) is 54.7 cm³/mol. The molecule has 0 aliphatic carbocycles. The van der Waals surface area contributed by atoms with E-state index >= 15 is 0 Å². The zero-order valence-electron chi connectivity index (χ0n) is 7.83. The molecule has 1 radical (unpaired) electrons. The van der Waals surface area contributed by atoms with E-state index < -0.39 is 0 Å². The molecule has 0 atom stereocenters. The molecular weight excluding hydrogens is 186 g/mol. The molecule has 75 valence electrons. The van der Waals surface area contributed by atoms with Crippen LogP contribution >= 0.6 is 11.8 Å². The Kier molecular flexibility index (Phi) is 5.23. The van der Waals surface area contributed by atoms with Crippen LogP contribution in [0.1, 0.15) is 6.42 Å². The molecule has 1 amide bonds. The number of carbonyl (C=O) groups is 1. The molecular formula is C9H16NO2S. The Morgan fingerprint density at radius 3 is 2.77 bits per heavy atom. The minimum atomic E-state index is 0.119. The lowest BCUT2D eigenvalue weighted by Gasteiger charge is -2.26. The summed E-state index contributed by atoms with van der Waals surface area (Å²) in [7, 11) is 0. The quantitative estimate of drug-likeness (QED) is 0.632. The number of nitrogens with zero attached hydrogens (tertiary/aromatic N) is 1. The zero-order valence-corrected chi connectivity index (χ0v) is 8.65. The van der Waals surface area contributed by atoms with Crippen LogP contribution in [-0.2, 0) is 9.53 Å². The number of thioether (sulfide) groups is 1. The summed E-state index contributed by atoms with van der Waals surface area (Å²) in [5.74, 6) is 2.23. The number of amides is 1. The van der Waals surface area contributed by atoms with Gasteiger partial charge in [-0.1, -0.05) is 6.92 Å². The number of hydrogen-bond acceptors (Lipinski definition) is 3. The lowest BCUT2D eigenvalue weighted by molar-refractivity contribution is -0.135. The van der Waals surface area contributed by atoms with E-state index in [9.17, 15) is 4.79 Å². The van der Waals surface area contributed by atoms with Crippen LogP contribution in [0.25, 0.3) is 0 Å².